The molecule has 0 aliphatic carbocycles. The molecule has 11 heteroatoms. The highest BCUT2D eigenvalue weighted by molar-refractivity contribution is 5.98. The van der Waals surface area contributed by atoms with Gasteiger partial charge in [-0.2, -0.15) is 5.10 Å². The first-order chi connectivity index (χ1) is 17.7. The van der Waals surface area contributed by atoms with Gasteiger partial charge in [-0.05, 0) is 36.8 Å². The molecule has 1 fully saturated rings. The molecule has 2 aliphatic rings. The van der Waals surface area contributed by atoms with Crippen LogP contribution >= 0.6 is 0 Å². The lowest BCUT2D eigenvalue weighted by Crippen LogP contribution is -2.56. The van der Waals surface area contributed by atoms with E-state index < -0.39 is 0 Å². The Hall–Kier alpha value is -4.51. The van der Waals surface area contributed by atoms with Crippen molar-refractivity contribution in [3.63, 3.8) is 0 Å². The van der Waals surface area contributed by atoms with Crippen molar-refractivity contribution in [2.75, 3.05) is 36.5 Å². The summed E-state index contributed by atoms with van der Waals surface area (Å²) in [5.41, 5.74) is 3.32. The number of nitrogens with zero attached hydrogens (tertiary/aromatic N) is 7. The Morgan fingerprint density at radius 2 is 2.08 bits per heavy atom. The lowest BCUT2D eigenvalue weighted by atomic mass is 10.1. The lowest BCUT2D eigenvalue weighted by molar-refractivity contribution is 0.247. The van der Waals surface area contributed by atoms with Crippen LogP contribution in [0.15, 0.2) is 55.4 Å². The first kappa shape index (κ1) is 20.8. The van der Waals surface area contributed by atoms with Crippen LogP contribution in [0.5, 0.6) is 17.2 Å². The van der Waals surface area contributed by atoms with Gasteiger partial charge < -0.3 is 25.0 Å². The van der Waals surface area contributed by atoms with Crippen molar-refractivity contribution in [2.24, 2.45) is 0 Å². The predicted octanol–water partition coefficient (Wildman–Crippen LogP) is 3.08. The quantitative estimate of drug-likeness (QED) is 0.397. The van der Waals surface area contributed by atoms with Gasteiger partial charge >= 0.3 is 0 Å². The predicted molar refractivity (Wildman–Crippen MR) is 134 cm³/mol. The van der Waals surface area contributed by atoms with Gasteiger partial charge in [0.1, 0.15) is 36.6 Å². The fourth-order valence-corrected chi connectivity index (χ4v) is 4.78. The third kappa shape index (κ3) is 3.52. The van der Waals surface area contributed by atoms with Crippen molar-refractivity contribution in [1.82, 2.24) is 34.9 Å². The van der Waals surface area contributed by atoms with E-state index in [0.717, 1.165) is 64.8 Å². The first-order valence-electron chi connectivity index (χ1n) is 11.8. The highest BCUT2D eigenvalue weighted by atomic mass is 16.5. The van der Waals surface area contributed by atoms with E-state index >= 15 is 0 Å². The molecule has 2 N–H and O–H groups in total. The highest BCUT2D eigenvalue weighted by Crippen LogP contribution is 2.41. The average molecular weight is 482 g/mol. The second kappa shape index (κ2) is 8.31. The molecule has 1 aromatic carbocycles. The molecule has 0 unspecified atom stereocenters. The Morgan fingerprint density at radius 3 is 3.03 bits per heavy atom. The molecule has 11 nitrogen and oxygen atoms in total. The van der Waals surface area contributed by atoms with Gasteiger partial charge in [0.25, 0.3) is 0 Å². The van der Waals surface area contributed by atoms with Gasteiger partial charge in [-0.15, -0.1) is 0 Å². The summed E-state index contributed by atoms with van der Waals surface area (Å²) in [5.74, 6) is 3.71. The standard InChI is InChI=1S/C25H23N9O2/c1-15-8-16(2-3-20(15)36-18-4-6-34-21(9-18)29-14-31-34)32-24-22-19(28-13-30-24)11-27-25-23(22)35-12-17-10-26-5-7-33(17)25/h2-4,6,8-9,11,13-14,17,26H,5,7,10,12H2,1H3,(H,28,30,32)/t17-/m1/s1. The number of pyridine rings is 2. The van der Waals surface area contributed by atoms with Gasteiger partial charge in [-0.25, -0.2) is 24.5 Å². The second-order valence-corrected chi connectivity index (χ2v) is 8.89. The van der Waals surface area contributed by atoms with E-state index in [4.69, 9.17) is 9.47 Å². The summed E-state index contributed by atoms with van der Waals surface area (Å²) < 4.78 is 14.0. The van der Waals surface area contributed by atoms with Crippen LogP contribution in [0.3, 0.4) is 0 Å². The second-order valence-electron chi connectivity index (χ2n) is 8.89. The molecule has 0 spiro atoms. The molecule has 0 saturated carbocycles. The molecule has 0 radical (unpaired) electrons. The number of rotatable bonds is 4. The summed E-state index contributed by atoms with van der Waals surface area (Å²) in [6.45, 7) is 5.30. The number of aromatic nitrogens is 6. The number of benzene rings is 1. The molecule has 36 heavy (non-hydrogen) atoms. The van der Waals surface area contributed by atoms with E-state index in [2.05, 4.69) is 40.6 Å². The minimum Gasteiger partial charge on any atom is -0.487 e. The molecule has 1 atom stereocenters. The van der Waals surface area contributed by atoms with Gasteiger partial charge in [0.15, 0.2) is 17.2 Å². The maximum Gasteiger partial charge on any atom is 0.175 e. The van der Waals surface area contributed by atoms with Crippen LogP contribution in [0.2, 0.25) is 0 Å². The fourth-order valence-electron chi connectivity index (χ4n) is 4.78. The molecule has 180 valence electrons. The number of aryl methyl sites for hydroxylation is 1. The van der Waals surface area contributed by atoms with Crippen molar-refractivity contribution < 1.29 is 9.47 Å². The minimum atomic E-state index is 0.276. The highest BCUT2D eigenvalue weighted by Gasteiger charge is 2.33. The monoisotopic (exact) mass is 481 g/mol. The van der Waals surface area contributed by atoms with Gasteiger partial charge in [0.2, 0.25) is 0 Å². The zero-order chi connectivity index (χ0) is 24.1. The van der Waals surface area contributed by atoms with Crippen LogP contribution in [-0.4, -0.2) is 61.8 Å². The molecular formula is C25H23N9O2. The zero-order valence-corrected chi connectivity index (χ0v) is 19.5. The summed E-state index contributed by atoms with van der Waals surface area (Å²) in [4.78, 5) is 20.2. The van der Waals surface area contributed by atoms with E-state index in [1.165, 1.54) is 6.33 Å². The summed E-state index contributed by atoms with van der Waals surface area (Å²) in [7, 11) is 0. The van der Waals surface area contributed by atoms with Crippen LogP contribution in [0.25, 0.3) is 16.6 Å². The Morgan fingerprint density at radius 1 is 1.11 bits per heavy atom. The molecule has 7 rings (SSSR count). The van der Waals surface area contributed by atoms with Crippen LogP contribution in [0.4, 0.5) is 17.3 Å². The van der Waals surface area contributed by atoms with Gasteiger partial charge in [0.05, 0.1) is 23.1 Å². The fraction of sp³-hybridized carbons (Fsp3) is 0.240. The molecule has 1 saturated heterocycles. The number of nitrogens with one attached hydrogen (secondary N) is 2. The van der Waals surface area contributed by atoms with Crippen LogP contribution in [-0.2, 0) is 0 Å². The van der Waals surface area contributed by atoms with E-state index in [1.54, 1.807) is 17.0 Å². The molecule has 0 bridgehead atoms. The van der Waals surface area contributed by atoms with E-state index in [9.17, 15) is 0 Å². The summed E-state index contributed by atoms with van der Waals surface area (Å²) >= 11 is 0. The normalized spacial score (nSPS) is 16.9. The summed E-state index contributed by atoms with van der Waals surface area (Å²) in [6.07, 6.45) is 6.68. The molecule has 5 aromatic rings. The number of ether oxygens (including phenoxy) is 2. The SMILES string of the molecule is Cc1cc(Nc2ncnc3cnc4c(c23)OC[C@H]2CNCCN42)ccc1Oc1ccn2ncnc2c1. The van der Waals surface area contributed by atoms with Crippen molar-refractivity contribution >= 4 is 33.9 Å². The largest absolute Gasteiger partial charge is 0.487 e. The van der Waals surface area contributed by atoms with Crippen molar-refractivity contribution in [1.29, 1.82) is 0 Å². The van der Waals surface area contributed by atoms with Gasteiger partial charge in [-0.1, -0.05) is 0 Å². The minimum absolute atomic E-state index is 0.276. The summed E-state index contributed by atoms with van der Waals surface area (Å²) in [6, 6.07) is 9.92. The molecule has 6 heterocycles. The Labute approximate surface area is 206 Å². The maximum absolute atomic E-state index is 6.22. The van der Waals surface area contributed by atoms with Crippen molar-refractivity contribution in [3.8, 4) is 17.2 Å². The molecule has 0 amide bonds. The average Bonchev–Trinajstić information content (AvgIpc) is 3.38. The van der Waals surface area contributed by atoms with E-state index in [1.807, 2.05) is 43.5 Å². The van der Waals surface area contributed by atoms with E-state index in [0.29, 0.717) is 18.2 Å². The summed E-state index contributed by atoms with van der Waals surface area (Å²) in [5, 5.41) is 11.8. The molecule has 4 aromatic heterocycles. The van der Waals surface area contributed by atoms with Crippen LogP contribution < -0.4 is 25.0 Å². The first-order valence-corrected chi connectivity index (χ1v) is 11.8. The Bertz CT molecular complexity index is 1600. The maximum atomic E-state index is 6.22. The number of piperazine rings is 1. The number of fused-ring (bicyclic) bond motifs is 6. The number of anilines is 3. The van der Waals surface area contributed by atoms with Gasteiger partial charge in [-0.3, -0.25) is 0 Å². The third-order valence-corrected chi connectivity index (χ3v) is 6.58. The smallest absolute Gasteiger partial charge is 0.175 e. The molecular weight excluding hydrogens is 458 g/mol. The van der Waals surface area contributed by atoms with Crippen LogP contribution in [0.1, 0.15) is 5.56 Å². The van der Waals surface area contributed by atoms with Crippen molar-refractivity contribution in [2.45, 2.75) is 13.0 Å². The number of hydrogen-bond acceptors (Lipinski definition) is 10. The van der Waals surface area contributed by atoms with E-state index in [-0.39, 0.29) is 6.04 Å². The topological polar surface area (TPSA) is 115 Å². The van der Waals surface area contributed by atoms with Crippen LogP contribution in [0, 0.1) is 6.92 Å². The lowest BCUT2D eigenvalue weighted by Gasteiger charge is -2.41. The van der Waals surface area contributed by atoms with Crippen molar-refractivity contribution in [3.05, 3.63) is 60.9 Å². The third-order valence-electron chi connectivity index (χ3n) is 6.58. The number of hydrogen-bond donors (Lipinski definition) is 2. The molecule has 2 aliphatic heterocycles. The zero-order valence-electron chi connectivity index (χ0n) is 19.5. The van der Waals surface area contributed by atoms with Gasteiger partial charge in [0, 0.05) is 37.6 Å². The Balaban J connectivity index is 1.20. The Kier molecular flexibility index (Phi) is 4.81.